The topological polar surface area (TPSA) is 67.9 Å². The average Bonchev–Trinajstić information content (AvgIpc) is 2.09. The molecule has 0 fully saturated rings. The van der Waals surface area contributed by atoms with E-state index in [-0.39, 0.29) is 0 Å². The van der Waals surface area contributed by atoms with Crippen molar-refractivity contribution < 1.29 is 4.94 Å². The molecular formula is C6H7N3O2. The Morgan fingerprint density at radius 3 is 2.45 bits per heavy atom. The normalized spacial score (nSPS) is 9.18. The van der Waals surface area contributed by atoms with Gasteiger partial charge in [-0.05, 0) is 12.1 Å². The van der Waals surface area contributed by atoms with E-state index in [2.05, 4.69) is 10.2 Å². The second kappa shape index (κ2) is 3.65. The summed E-state index contributed by atoms with van der Waals surface area (Å²) in [6.07, 6.45) is 0. The van der Waals surface area contributed by atoms with Crippen molar-refractivity contribution in [2.75, 3.05) is 5.17 Å². The number of nitrogens with zero attached hydrogens (tertiary/aromatic N) is 2. The van der Waals surface area contributed by atoms with Gasteiger partial charge in [0.25, 0.3) is 0 Å². The molecule has 0 aromatic heterocycles. The van der Waals surface area contributed by atoms with Gasteiger partial charge in [0, 0.05) is 0 Å². The lowest BCUT2D eigenvalue weighted by Crippen LogP contribution is -2.20. The molecule has 0 amide bonds. The molecule has 1 aromatic carbocycles. The largest absolute Gasteiger partial charge is 0.188 e. The lowest BCUT2D eigenvalue weighted by atomic mass is 10.3. The molecule has 0 aliphatic carbocycles. The molecule has 1 aromatic rings. The van der Waals surface area contributed by atoms with Crippen molar-refractivity contribution in [1.29, 1.82) is 0 Å². The Labute approximate surface area is 63.2 Å². The minimum Gasteiger partial charge on any atom is -0.188 e. The summed E-state index contributed by atoms with van der Waals surface area (Å²) >= 11 is 0. The van der Waals surface area contributed by atoms with Crippen LogP contribution in [-0.4, -0.2) is 0 Å². The third-order valence-corrected chi connectivity index (χ3v) is 1.15. The average molecular weight is 153 g/mol. The SMILES string of the molecule is NON(N=O)c1ccccc1. The highest BCUT2D eigenvalue weighted by atomic mass is 16.8. The van der Waals surface area contributed by atoms with Crippen molar-refractivity contribution in [2.45, 2.75) is 0 Å². The van der Waals surface area contributed by atoms with Gasteiger partial charge < -0.3 is 0 Å². The van der Waals surface area contributed by atoms with Crippen molar-refractivity contribution in [3.05, 3.63) is 35.2 Å². The van der Waals surface area contributed by atoms with Crippen LogP contribution in [-0.2, 0) is 4.94 Å². The van der Waals surface area contributed by atoms with Crippen LogP contribution in [0.1, 0.15) is 0 Å². The molecule has 11 heavy (non-hydrogen) atoms. The van der Waals surface area contributed by atoms with Gasteiger partial charge in [0.1, 0.15) is 0 Å². The van der Waals surface area contributed by atoms with Gasteiger partial charge in [-0.1, -0.05) is 23.4 Å². The number of hydrogen-bond acceptors (Lipinski definition) is 4. The van der Waals surface area contributed by atoms with E-state index >= 15 is 0 Å². The Kier molecular flexibility index (Phi) is 2.53. The fraction of sp³-hybridized carbons (Fsp3) is 0. The monoisotopic (exact) mass is 153 g/mol. The Balaban J connectivity index is 2.82. The maximum absolute atomic E-state index is 10.0. The summed E-state index contributed by atoms with van der Waals surface area (Å²) in [5, 5.41) is 3.19. The number of anilines is 1. The summed E-state index contributed by atoms with van der Waals surface area (Å²) in [5.74, 6) is 4.75. The molecule has 0 unspecified atom stereocenters. The molecule has 58 valence electrons. The Bertz CT molecular complexity index is 227. The van der Waals surface area contributed by atoms with Crippen LogP contribution in [0.2, 0.25) is 0 Å². The summed E-state index contributed by atoms with van der Waals surface area (Å²) in [5.41, 5.74) is 0.491. The van der Waals surface area contributed by atoms with E-state index < -0.39 is 0 Å². The summed E-state index contributed by atoms with van der Waals surface area (Å²) in [7, 11) is 0. The van der Waals surface area contributed by atoms with E-state index in [1.165, 1.54) is 0 Å². The van der Waals surface area contributed by atoms with Gasteiger partial charge >= 0.3 is 0 Å². The van der Waals surface area contributed by atoms with Crippen molar-refractivity contribution in [3.8, 4) is 0 Å². The fourth-order valence-electron chi connectivity index (χ4n) is 0.683. The lowest BCUT2D eigenvalue weighted by molar-refractivity contribution is 0.111. The predicted octanol–water partition coefficient (Wildman–Crippen LogP) is 0.980. The summed E-state index contributed by atoms with van der Waals surface area (Å²) in [6.45, 7) is 0. The molecule has 5 nitrogen and oxygen atoms in total. The highest BCUT2D eigenvalue weighted by Gasteiger charge is 2.02. The smallest absolute Gasteiger partial charge is 0.0953 e. The van der Waals surface area contributed by atoms with Crippen LogP contribution >= 0.6 is 0 Å². The van der Waals surface area contributed by atoms with Gasteiger partial charge in [-0.25, -0.2) is 0 Å². The molecule has 0 bridgehead atoms. The van der Waals surface area contributed by atoms with Gasteiger partial charge in [-0.3, -0.25) is 0 Å². The second-order valence-corrected chi connectivity index (χ2v) is 1.80. The first kappa shape index (κ1) is 7.64. The van der Waals surface area contributed by atoms with Crippen molar-refractivity contribution in [1.82, 2.24) is 0 Å². The molecular weight excluding hydrogens is 146 g/mol. The van der Waals surface area contributed by atoms with Gasteiger partial charge in [-0.2, -0.15) is 10.8 Å². The van der Waals surface area contributed by atoms with Gasteiger partial charge in [0.05, 0.1) is 11.0 Å². The van der Waals surface area contributed by atoms with Gasteiger partial charge in [0.15, 0.2) is 0 Å². The maximum Gasteiger partial charge on any atom is 0.0953 e. The zero-order valence-electron chi connectivity index (χ0n) is 5.68. The molecule has 0 spiro atoms. The number of nitroso groups, excluding NO2 is 1. The van der Waals surface area contributed by atoms with Crippen LogP contribution in [0, 0.1) is 4.91 Å². The number of hydrogen-bond donors (Lipinski definition) is 1. The van der Waals surface area contributed by atoms with Crippen LogP contribution in [0.3, 0.4) is 0 Å². The number of rotatable bonds is 3. The van der Waals surface area contributed by atoms with E-state index in [4.69, 9.17) is 5.90 Å². The third-order valence-electron chi connectivity index (χ3n) is 1.15. The van der Waals surface area contributed by atoms with E-state index in [1.807, 2.05) is 6.07 Å². The van der Waals surface area contributed by atoms with Crippen LogP contribution < -0.4 is 11.1 Å². The molecule has 1 rings (SSSR count). The number of para-hydroxylation sites is 1. The minimum atomic E-state index is 0.491. The summed E-state index contributed by atoms with van der Waals surface area (Å²) in [4.78, 5) is 14.1. The lowest BCUT2D eigenvalue weighted by Gasteiger charge is -2.08. The zero-order valence-corrected chi connectivity index (χ0v) is 5.68. The highest BCUT2D eigenvalue weighted by molar-refractivity contribution is 5.42. The quantitative estimate of drug-likeness (QED) is 0.519. The first-order chi connectivity index (χ1) is 5.38. The van der Waals surface area contributed by atoms with E-state index in [9.17, 15) is 4.91 Å². The van der Waals surface area contributed by atoms with Crippen molar-refractivity contribution in [2.24, 2.45) is 11.2 Å². The predicted molar refractivity (Wildman–Crippen MR) is 40.0 cm³/mol. The molecule has 0 aliphatic heterocycles. The maximum atomic E-state index is 10.0. The summed E-state index contributed by atoms with van der Waals surface area (Å²) in [6, 6.07) is 8.59. The second-order valence-electron chi connectivity index (χ2n) is 1.80. The van der Waals surface area contributed by atoms with E-state index in [0.717, 1.165) is 0 Å². The van der Waals surface area contributed by atoms with Crippen LogP contribution in [0.25, 0.3) is 0 Å². The first-order valence-corrected chi connectivity index (χ1v) is 2.94. The Morgan fingerprint density at radius 1 is 1.36 bits per heavy atom. The Hall–Kier alpha value is -1.46. The molecule has 0 heterocycles. The molecule has 0 saturated heterocycles. The van der Waals surface area contributed by atoms with Crippen LogP contribution in [0.4, 0.5) is 5.69 Å². The number of benzene rings is 1. The van der Waals surface area contributed by atoms with Crippen LogP contribution in [0.15, 0.2) is 35.6 Å². The standard InChI is InChI=1S/C6H7N3O2/c7-11-9(8-10)6-4-2-1-3-5-6/h1-5H,7H2. The minimum absolute atomic E-state index is 0.491. The van der Waals surface area contributed by atoms with Gasteiger partial charge in [0.2, 0.25) is 0 Å². The highest BCUT2D eigenvalue weighted by Crippen LogP contribution is 2.11. The number of nitrogens with two attached hydrogens (primary N) is 1. The molecule has 0 atom stereocenters. The van der Waals surface area contributed by atoms with E-state index in [0.29, 0.717) is 10.9 Å². The van der Waals surface area contributed by atoms with Gasteiger partial charge in [-0.15, -0.1) is 4.91 Å². The van der Waals surface area contributed by atoms with Crippen LogP contribution in [0.5, 0.6) is 0 Å². The zero-order chi connectivity index (χ0) is 8.10. The fourth-order valence-corrected chi connectivity index (χ4v) is 0.683. The summed E-state index contributed by atoms with van der Waals surface area (Å²) < 4.78 is 0. The molecule has 5 heteroatoms. The Morgan fingerprint density at radius 2 is 2.00 bits per heavy atom. The van der Waals surface area contributed by atoms with E-state index in [1.54, 1.807) is 24.3 Å². The first-order valence-electron chi connectivity index (χ1n) is 2.94. The molecule has 0 aliphatic rings. The molecule has 0 saturated carbocycles. The van der Waals surface area contributed by atoms with Crippen molar-refractivity contribution in [3.63, 3.8) is 0 Å². The third kappa shape index (κ3) is 1.73. The molecule has 0 radical (unpaired) electrons. The molecule has 2 N–H and O–H groups in total. The van der Waals surface area contributed by atoms with Crippen molar-refractivity contribution >= 4 is 5.69 Å².